The molecule has 3 amide bonds. The Bertz CT molecular complexity index is 487. The van der Waals surface area contributed by atoms with Crippen LogP contribution in [-0.2, 0) is 4.79 Å². The molecule has 0 atom stereocenters. The van der Waals surface area contributed by atoms with Gasteiger partial charge in [-0.1, -0.05) is 32.0 Å². The Morgan fingerprint density at radius 1 is 1.21 bits per heavy atom. The van der Waals surface area contributed by atoms with Gasteiger partial charge in [-0.15, -0.1) is 0 Å². The van der Waals surface area contributed by atoms with Gasteiger partial charge in [0, 0.05) is 12.2 Å². The van der Waals surface area contributed by atoms with Gasteiger partial charge in [0.25, 0.3) is 5.91 Å². The monoisotopic (exact) mass is 278 g/mol. The number of anilines is 1. The van der Waals surface area contributed by atoms with E-state index in [2.05, 4.69) is 12.6 Å². The van der Waals surface area contributed by atoms with Crippen LogP contribution in [0, 0.1) is 5.41 Å². The number of carbonyl (C=O) groups excluding carboxylic acids is 2. The van der Waals surface area contributed by atoms with E-state index in [4.69, 9.17) is 0 Å². The number of rotatable bonds is 4. The van der Waals surface area contributed by atoms with Crippen molar-refractivity contribution in [2.45, 2.75) is 13.8 Å². The third-order valence-corrected chi connectivity index (χ3v) is 3.99. The van der Waals surface area contributed by atoms with Crippen molar-refractivity contribution in [3.8, 4) is 0 Å². The van der Waals surface area contributed by atoms with Crippen LogP contribution in [0.5, 0.6) is 0 Å². The Morgan fingerprint density at radius 3 is 2.42 bits per heavy atom. The Morgan fingerprint density at radius 2 is 1.84 bits per heavy atom. The van der Waals surface area contributed by atoms with E-state index in [1.54, 1.807) is 0 Å². The minimum absolute atomic E-state index is 0.117. The van der Waals surface area contributed by atoms with Gasteiger partial charge in [0.15, 0.2) is 0 Å². The van der Waals surface area contributed by atoms with E-state index in [1.165, 1.54) is 9.80 Å². The molecule has 5 heteroatoms. The summed E-state index contributed by atoms with van der Waals surface area (Å²) >= 11 is 4.26. The van der Waals surface area contributed by atoms with Crippen molar-refractivity contribution >= 4 is 30.3 Å². The van der Waals surface area contributed by atoms with E-state index in [9.17, 15) is 9.59 Å². The molecule has 0 aromatic heterocycles. The number of hydrogen-bond acceptors (Lipinski definition) is 3. The molecule has 1 saturated heterocycles. The first-order valence-corrected chi connectivity index (χ1v) is 6.86. The molecule has 19 heavy (non-hydrogen) atoms. The van der Waals surface area contributed by atoms with Gasteiger partial charge in [-0.25, -0.2) is 4.79 Å². The summed E-state index contributed by atoms with van der Waals surface area (Å²) in [6, 6.07) is 9.01. The largest absolute Gasteiger partial charge is 0.331 e. The third kappa shape index (κ3) is 2.92. The highest BCUT2D eigenvalue weighted by Gasteiger charge is 2.39. The summed E-state index contributed by atoms with van der Waals surface area (Å²) in [5.74, 6) is 0.471. The lowest BCUT2D eigenvalue weighted by Crippen LogP contribution is -2.40. The van der Waals surface area contributed by atoms with Crippen LogP contribution >= 0.6 is 12.6 Å². The van der Waals surface area contributed by atoms with Gasteiger partial charge in [-0.05, 0) is 23.3 Å². The first-order chi connectivity index (χ1) is 8.94. The summed E-state index contributed by atoms with van der Waals surface area (Å²) < 4.78 is 0. The predicted octanol–water partition coefficient (Wildman–Crippen LogP) is 2.41. The zero-order valence-corrected chi connectivity index (χ0v) is 12.1. The minimum Gasteiger partial charge on any atom is -0.285 e. The molecule has 0 radical (unpaired) electrons. The maximum absolute atomic E-state index is 12.3. The van der Waals surface area contributed by atoms with Crippen LogP contribution in [0.2, 0.25) is 0 Å². The molecule has 1 aromatic rings. The summed E-state index contributed by atoms with van der Waals surface area (Å²) in [5, 5.41) is 0. The summed E-state index contributed by atoms with van der Waals surface area (Å²) in [5.41, 5.74) is 0.577. The number of nitrogens with zero attached hydrogens (tertiary/aromatic N) is 2. The van der Waals surface area contributed by atoms with Gasteiger partial charge in [-0.3, -0.25) is 14.6 Å². The van der Waals surface area contributed by atoms with Crippen LogP contribution in [0.4, 0.5) is 10.5 Å². The molecule has 1 heterocycles. The third-order valence-electron chi connectivity index (χ3n) is 3.14. The van der Waals surface area contributed by atoms with Crippen LogP contribution in [-0.4, -0.2) is 35.7 Å². The molecule has 2 rings (SSSR count). The van der Waals surface area contributed by atoms with Crippen molar-refractivity contribution in [1.29, 1.82) is 0 Å². The van der Waals surface area contributed by atoms with E-state index in [1.807, 2.05) is 44.2 Å². The smallest absolute Gasteiger partial charge is 0.285 e. The average Bonchev–Trinajstić information content (AvgIpc) is 2.67. The SMILES string of the molecule is CC(C)(CS)CN1C(=O)CN(c2ccccc2)C1=O. The molecule has 1 fully saturated rings. The number of benzene rings is 1. The number of amides is 3. The van der Waals surface area contributed by atoms with Gasteiger partial charge in [0.1, 0.15) is 6.54 Å². The molecule has 1 aromatic carbocycles. The second-order valence-electron chi connectivity index (χ2n) is 5.51. The lowest BCUT2D eigenvalue weighted by atomic mass is 9.96. The van der Waals surface area contributed by atoms with Crippen LogP contribution in [0.15, 0.2) is 30.3 Å². The van der Waals surface area contributed by atoms with E-state index in [0.29, 0.717) is 12.3 Å². The van der Waals surface area contributed by atoms with Crippen LogP contribution in [0.1, 0.15) is 13.8 Å². The van der Waals surface area contributed by atoms with Gasteiger partial charge < -0.3 is 0 Å². The van der Waals surface area contributed by atoms with E-state index in [0.717, 1.165) is 5.69 Å². The number of thiol groups is 1. The fourth-order valence-electron chi connectivity index (χ4n) is 1.98. The Kier molecular flexibility index (Phi) is 3.85. The van der Waals surface area contributed by atoms with Crippen molar-refractivity contribution in [3.63, 3.8) is 0 Å². The van der Waals surface area contributed by atoms with Gasteiger partial charge >= 0.3 is 6.03 Å². The van der Waals surface area contributed by atoms with Crippen molar-refractivity contribution in [3.05, 3.63) is 30.3 Å². The van der Waals surface area contributed by atoms with Crippen molar-refractivity contribution in [2.75, 3.05) is 23.7 Å². The number of urea groups is 1. The summed E-state index contributed by atoms with van der Waals surface area (Å²) in [6.07, 6.45) is 0. The summed E-state index contributed by atoms with van der Waals surface area (Å²) in [4.78, 5) is 27.2. The molecule has 0 bridgehead atoms. The molecule has 0 aliphatic carbocycles. The van der Waals surface area contributed by atoms with Gasteiger partial charge in [0.05, 0.1) is 0 Å². The van der Waals surface area contributed by atoms with Gasteiger partial charge in [0.2, 0.25) is 0 Å². The quantitative estimate of drug-likeness (QED) is 0.679. The topological polar surface area (TPSA) is 40.6 Å². The Balaban J connectivity index is 2.18. The molecule has 0 unspecified atom stereocenters. The zero-order valence-electron chi connectivity index (χ0n) is 11.2. The predicted molar refractivity (Wildman–Crippen MR) is 78.5 cm³/mol. The van der Waals surface area contributed by atoms with E-state index >= 15 is 0 Å². The molecule has 102 valence electrons. The zero-order chi connectivity index (χ0) is 14.0. The standard InChI is InChI=1S/C14H18N2O2S/c1-14(2,10-19)9-16-12(17)8-15(13(16)18)11-6-4-3-5-7-11/h3-7,19H,8-10H2,1-2H3. The maximum Gasteiger partial charge on any atom is 0.331 e. The number of imide groups is 1. The van der Waals surface area contributed by atoms with Crippen LogP contribution < -0.4 is 4.90 Å². The van der Waals surface area contributed by atoms with Crippen LogP contribution in [0.3, 0.4) is 0 Å². The normalized spacial score (nSPS) is 16.4. The highest BCUT2D eigenvalue weighted by Crippen LogP contribution is 2.25. The molecule has 0 saturated carbocycles. The van der Waals surface area contributed by atoms with E-state index in [-0.39, 0.29) is 23.9 Å². The Hall–Kier alpha value is -1.49. The number of hydrogen-bond donors (Lipinski definition) is 1. The number of carbonyl (C=O) groups is 2. The molecular formula is C14H18N2O2S. The van der Waals surface area contributed by atoms with Crippen LogP contribution in [0.25, 0.3) is 0 Å². The minimum atomic E-state index is -0.244. The average molecular weight is 278 g/mol. The lowest BCUT2D eigenvalue weighted by Gasteiger charge is -2.27. The summed E-state index contributed by atoms with van der Waals surface area (Å²) in [6.45, 7) is 4.50. The molecule has 1 aliphatic heterocycles. The molecular weight excluding hydrogens is 260 g/mol. The van der Waals surface area contributed by atoms with Crippen molar-refractivity contribution < 1.29 is 9.59 Å². The highest BCUT2D eigenvalue weighted by molar-refractivity contribution is 7.80. The highest BCUT2D eigenvalue weighted by atomic mass is 32.1. The van der Waals surface area contributed by atoms with Crippen molar-refractivity contribution in [2.24, 2.45) is 5.41 Å². The second-order valence-corrected chi connectivity index (χ2v) is 5.82. The molecule has 4 nitrogen and oxygen atoms in total. The van der Waals surface area contributed by atoms with E-state index < -0.39 is 0 Å². The Labute approximate surface area is 118 Å². The maximum atomic E-state index is 12.3. The molecule has 0 N–H and O–H groups in total. The first-order valence-electron chi connectivity index (χ1n) is 6.22. The first kappa shape index (κ1) is 13.9. The summed E-state index contributed by atoms with van der Waals surface area (Å²) in [7, 11) is 0. The fourth-order valence-corrected chi connectivity index (χ4v) is 2.08. The fraction of sp³-hybridized carbons (Fsp3) is 0.429. The van der Waals surface area contributed by atoms with Crippen molar-refractivity contribution in [1.82, 2.24) is 4.90 Å². The lowest BCUT2D eigenvalue weighted by molar-refractivity contribution is -0.125. The number of para-hydroxylation sites is 1. The molecule has 0 spiro atoms. The molecule has 1 aliphatic rings. The van der Waals surface area contributed by atoms with Gasteiger partial charge in [-0.2, -0.15) is 12.6 Å². The second kappa shape index (κ2) is 5.25.